The fourth-order valence-electron chi connectivity index (χ4n) is 3.25. The van der Waals surface area contributed by atoms with Crippen LogP contribution in [0.5, 0.6) is 0 Å². The molecule has 30 heavy (non-hydrogen) atoms. The van der Waals surface area contributed by atoms with E-state index in [1.807, 2.05) is 0 Å². The van der Waals surface area contributed by atoms with E-state index in [9.17, 15) is 18.0 Å². The van der Waals surface area contributed by atoms with Gasteiger partial charge >= 0.3 is 12.2 Å². The van der Waals surface area contributed by atoms with Crippen LogP contribution in [0, 0.1) is 0 Å². The van der Waals surface area contributed by atoms with Crippen molar-refractivity contribution >= 4 is 44.3 Å². The van der Waals surface area contributed by atoms with E-state index in [0.717, 1.165) is 23.5 Å². The lowest BCUT2D eigenvalue weighted by Gasteiger charge is -2.35. The number of piperidine rings is 1. The van der Waals surface area contributed by atoms with Crippen LogP contribution in [0.4, 0.5) is 27.5 Å². The molecule has 4 rings (SSSR count). The van der Waals surface area contributed by atoms with Crippen molar-refractivity contribution in [2.75, 3.05) is 18.4 Å². The molecule has 1 fully saturated rings. The molecule has 1 aromatic carbocycles. The topological polar surface area (TPSA) is 71.0 Å². The number of rotatable bonds is 2. The Hall–Kier alpha value is -2.53. The van der Waals surface area contributed by atoms with Crippen molar-refractivity contribution in [1.82, 2.24) is 19.9 Å². The van der Waals surface area contributed by atoms with Crippen molar-refractivity contribution < 1.29 is 22.4 Å². The summed E-state index contributed by atoms with van der Waals surface area (Å²) >= 11 is 7.01. The first kappa shape index (κ1) is 20.7. The zero-order valence-corrected chi connectivity index (χ0v) is 16.8. The number of hydrogen-bond donors (Lipinski definition) is 1. The van der Waals surface area contributed by atoms with Gasteiger partial charge < -0.3 is 4.90 Å². The Labute approximate surface area is 176 Å². The monoisotopic (exact) mass is 459 g/mol. The van der Waals surface area contributed by atoms with E-state index in [0.29, 0.717) is 4.70 Å². The maximum atomic E-state index is 15.3. The molecule has 0 spiro atoms. The third-order valence-corrected chi connectivity index (χ3v) is 6.08. The van der Waals surface area contributed by atoms with Crippen molar-refractivity contribution in [3.05, 3.63) is 47.0 Å². The number of benzene rings is 1. The van der Waals surface area contributed by atoms with E-state index in [4.69, 9.17) is 11.6 Å². The van der Waals surface area contributed by atoms with Crippen LogP contribution < -0.4 is 5.32 Å². The number of nitrogens with one attached hydrogen (secondary N) is 1. The standard InChI is InChI=1S/C18H14ClF4N5OS/c19-14-13(24-5-6-25-14)17(20)3-7-28(8-4-17)16(29)27-15-26-11-9-10(18(21,22)23)1-2-12(11)30-15/h1-2,5-6,9H,3-4,7-8H2,(H,26,27,29). The number of alkyl halides is 4. The molecule has 3 heterocycles. The Morgan fingerprint density at radius 1 is 1.20 bits per heavy atom. The minimum absolute atomic E-state index is 0.00633. The van der Waals surface area contributed by atoms with Crippen molar-refractivity contribution in [1.29, 1.82) is 0 Å². The number of fused-ring (bicyclic) bond motifs is 1. The van der Waals surface area contributed by atoms with E-state index >= 15 is 4.39 Å². The highest BCUT2D eigenvalue weighted by atomic mass is 35.5. The molecule has 2 aromatic heterocycles. The molecule has 12 heteroatoms. The van der Waals surface area contributed by atoms with Gasteiger partial charge in [-0.15, -0.1) is 0 Å². The minimum Gasteiger partial charge on any atom is -0.324 e. The van der Waals surface area contributed by atoms with Crippen LogP contribution in [-0.2, 0) is 11.8 Å². The zero-order valence-electron chi connectivity index (χ0n) is 15.2. The Bertz CT molecular complexity index is 1100. The number of carbonyl (C=O) groups is 1. The first-order valence-electron chi connectivity index (χ1n) is 8.85. The number of amides is 2. The van der Waals surface area contributed by atoms with Crippen LogP contribution in [0.1, 0.15) is 24.1 Å². The van der Waals surface area contributed by atoms with E-state index in [2.05, 4.69) is 20.3 Å². The van der Waals surface area contributed by atoms with E-state index in [1.165, 1.54) is 23.4 Å². The number of carbonyl (C=O) groups excluding carboxylic acids is 1. The predicted molar refractivity (Wildman–Crippen MR) is 104 cm³/mol. The van der Waals surface area contributed by atoms with E-state index in [-0.39, 0.29) is 47.4 Å². The third kappa shape index (κ3) is 4.04. The molecule has 0 bridgehead atoms. The molecular weight excluding hydrogens is 446 g/mol. The number of likely N-dealkylation sites (tertiary alicyclic amines) is 1. The number of urea groups is 1. The van der Waals surface area contributed by atoms with Gasteiger partial charge in [-0.25, -0.2) is 19.2 Å². The quantitative estimate of drug-likeness (QED) is 0.531. The number of thiazole rings is 1. The maximum absolute atomic E-state index is 15.3. The van der Waals surface area contributed by atoms with Crippen molar-refractivity contribution in [3.8, 4) is 0 Å². The molecule has 1 N–H and O–H groups in total. The third-order valence-electron chi connectivity index (χ3n) is 4.85. The van der Waals surface area contributed by atoms with E-state index in [1.54, 1.807) is 0 Å². The summed E-state index contributed by atoms with van der Waals surface area (Å²) < 4.78 is 54.3. The molecule has 0 atom stereocenters. The van der Waals surface area contributed by atoms with Crippen molar-refractivity contribution in [3.63, 3.8) is 0 Å². The van der Waals surface area contributed by atoms with Crippen LogP contribution in [0.25, 0.3) is 10.2 Å². The van der Waals surface area contributed by atoms with Gasteiger partial charge in [-0.3, -0.25) is 10.3 Å². The molecular formula is C18H14ClF4N5OS. The fourth-order valence-corrected chi connectivity index (χ4v) is 4.36. The molecule has 158 valence electrons. The lowest BCUT2D eigenvalue weighted by Crippen LogP contribution is -2.45. The van der Waals surface area contributed by atoms with Gasteiger partial charge in [0.25, 0.3) is 0 Å². The Morgan fingerprint density at radius 3 is 2.57 bits per heavy atom. The highest BCUT2D eigenvalue weighted by Crippen LogP contribution is 2.39. The summed E-state index contributed by atoms with van der Waals surface area (Å²) in [5.41, 5.74) is -2.40. The van der Waals surface area contributed by atoms with Gasteiger partial charge in [-0.1, -0.05) is 22.9 Å². The van der Waals surface area contributed by atoms with Crippen LogP contribution in [-0.4, -0.2) is 39.0 Å². The first-order chi connectivity index (χ1) is 14.2. The normalized spacial score (nSPS) is 16.6. The van der Waals surface area contributed by atoms with Crippen molar-refractivity contribution in [2.24, 2.45) is 0 Å². The van der Waals surface area contributed by atoms with Gasteiger partial charge in [-0.2, -0.15) is 13.2 Å². The Balaban J connectivity index is 1.43. The fraction of sp³-hybridized carbons (Fsp3) is 0.333. The molecule has 1 saturated heterocycles. The van der Waals surface area contributed by atoms with E-state index < -0.39 is 23.4 Å². The van der Waals surface area contributed by atoms with Gasteiger partial charge in [0.15, 0.2) is 16.0 Å². The molecule has 0 aliphatic carbocycles. The predicted octanol–water partition coefficient (Wildman–Crippen LogP) is 5.25. The summed E-state index contributed by atoms with van der Waals surface area (Å²) in [6, 6.07) is 2.71. The highest BCUT2D eigenvalue weighted by molar-refractivity contribution is 7.22. The zero-order chi connectivity index (χ0) is 21.5. The molecule has 0 unspecified atom stereocenters. The second kappa shape index (κ2) is 7.62. The summed E-state index contributed by atoms with van der Waals surface area (Å²) in [5, 5.41) is 2.74. The Morgan fingerprint density at radius 2 is 1.90 bits per heavy atom. The summed E-state index contributed by atoms with van der Waals surface area (Å²) in [7, 11) is 0. The molecule has 1 aliphatic heterocycles. The second-order valence-corrected chi connectivity index (χ2v) is 8.17. The Kier molecular flexibility index (Phi) is 5.27. The van der Waals surface area contributed by atoms with Gasteiger partial charge in [0.2, 0.25) is 0 Å². The summed E-state index contributed by atoms with van der Waals surface area (Å²) in [5.74, 6) is 0. The average Bonchev–Trinajstić information content (AvgIpc) is 3.09. The van der Waals surface area contributed by atoms with Gasteiger partial charge in [0.05, 0.1) is 15.8 Å². The summed E-state index contributed by atoms with van der Waals surface area (Å²) in [6.07, 6.45) is -1.76. The molecule has 1 aliphatic rings. The van der Waals surface area contributed by atoms with Crippen LogP contribution in [0.2, 0.25) is 5.15 Å². The number of anilines is 1. The second-order valence-electron chi connectivity index (χ2n) is 6.78. The average molecular weight is 460 g/mol. The minimum atomic E-state index is -4.47. The van der Waals surface area contributed by atoms with Crippen LogP contribution >= 0.6 is 22.9 Å². The summed E-state index contributed by atoms with van der Waals surface area (Å²) in [6.45, 7) is 0.219. The number of halogens is 5. The molecule has 6 nitrogen and oxygen atoms in total. The highest BCUT2D eigenvalue weighted by Gasteiger charge is 2.40. The lowest BCUT2D eigenvalue weighted by molar-refractivity contribution is -0.137. The van der Waals surface area contributed by atoms with Gasteiger partial charge in [-0.05, 0) is 18.2 Å². The van der Waals surface area contributed by atoms with Crippen LogP contribution in [0.3, 0.4) is 0 Å². The SMILES string of the molecule is O=C(Nc1nc2cc(C(F)(F)F)ccc2s1)N1CCC(F)(c2nccnc2Cl)CC1. The lowest BCUT2D eigenvalue weighted by atomic mass is 9.90. The van der Waals surface area contributed by atoms with Crippen molar-refractivity contribution in [2.45, 2.75) is 24.7 Å². The van der Waals surface area contributed by atoms with Gasteiger partial charge in [0, 0.05) is 38.3 Å². The smallest absolute Gasteiger partial charge is 0.324 e. The number of hydrogen-bond acceptors (Lipinski definition) is 5. The summed E-state index contributed by atoms with van der Waals surface area (Å²) in [4.78, 5) is 25.8. The molecule has 0 radical (unpaired) electrons. The molecule has 2 amide bonds. The first-order valence-corrected chi connectivity index (χ1v) is 10.0. The number of nitrogens with zero attached hydrogens (tertiary/aromatic N) is 4. The number of aromatic nitrogens is 3. The largest absolute Gasteiger partial charge is 0.416 e. The van der Waals surface area contributed by atoms with Crippen LogP contribution in [0.15, 0.2) is 30.6 Å². The molecule has 3 aromatic rings. The maximum Gasteiger partial charge on any atom is 0.416 e. The molecule has 0 saturated carbocycles. The van der Waals surface area contributed by atoms with Gasteiger partial charge in [0.1, 0.15) is 5.69 Å².